The zero-order valence-electron chi connectivity index (χ0n) is 13.3. The fourth-order valence-corrected chi connectivity index (χ4v) is 3.13. The predicted molar refractivity (Wildman–Crippen MR) is 98.6 cm³/mol. The van der Waals surface area contributed by atoms with Crippen molar-refractivity contribution in [1.82, 2.24) is 19.9 Å². The zero-order chi connectivity index (χ0) is 18.4. The van der Waals surface area contributed by atoms with Gasteiger partial charge in [0.15, 0.2) is 5.70 Å². The highest BCUT2D eigenvalue weighted by Gasteiger charge is 2.38. The van der Waals surface area contributed by atoms with E-state index in [1.54, 1.807) is 36.5 Å². The number of allylic oxidation sites excluding steroid dienone is 2. The lowest BCUT2D eigenvalue weighted by Crippen LogP contribution is -2.33. The van der Waals surface area contributed by atoms with Crippen LogP contribution in [-0.4, -0.2) is 30.7 Å². The number of para-hydroxylation sites is 1. The molecule has 0 unspecified atom stereocenters. The summed E-state index contributed by atoms with van der Waals surface area (Å²) >= 11 is 12.0. The molecular weight excluding hydrogens is 379 g/mol. The maximum absolute atomic E-state index is 11.9. The minimum absolute atomic E-state index is 0.0126. The molecule has 26 heavy (non-hydrogen) atoms. The van der Waals surface area contributed by atoms with Crippen LogP contribution in [0.4, 0.5) is 0 Å². The molecule has 2 aliphatic heterocycles. The molecule has 10 heteroatoms. The number of hydrogen-bond donors (Lipinski definition) is 0. The molecule has 0 amide bonds. The molecule has 1 aromatic carbocycles. The molecule has 8 nitrogen and oxygen atoms in total. The van der Waals surface area contributed by atoms with Crippen molar-refractivity contribution < 1.29 is 4.92 Å². The molecule has 0 atom stereocenters. The summed E-state index contributed by atoms with van der Waals surface area (Å²) in [5, 5.41) is 19.9. The summed E-state index contributed by atoms with van der Waals surface area (Å²) in [6.07, 6.45) is 5.24. The smallest absolute Gasteiger partial charge is 0.293 e. The van der Waals surface area contributed by atoms with Crippen LogP contribution in [0.2, 0.25) is 0 Å². The molecule has 4 rings (SSSR count). The van der Waals surface area contributed by atoms with Gasteiger partial charge in [0.2, 0.25) is 5.82 Å². The number of rotatable bonds is 2. The van der Waals surface area contributed by atoms with Gasteiger partial charge in [0.25, 0.3) is 0 Å². The van der Waals surface area contributed by atoms with Crippen LogP contribution in [0.3, 0.4) is 0 Å². The molecule has 0 aliphatic carbocycles. The lowest BCUT2D eigenvalue weighted by molar-refractivity contribution is -0.421. The first kappa shape index (κ1) is 16.5. The summed E-state index contributed by atoms with van der Waals surface area (Å²) in [6, 6.07) is 7.09. The summed E-state index contributed by atoms with van der Waals surface area (Å²) < 4.78 is 1.07. The predicted octanol–water partition coefficient (Wildman–Crippen LogP) is 3.67. The molecule has 0 saturated heterocycles. The van der Waals surface area contributed by atoms with Crippen LogP contribution in [0.5, 0.6) is 0 Å². The van der Waals surface area contributed by atoms with Crippen molar-refractivity contribution in [3.8, 4) is 0 Å². The highest BCUT2D eigenvalue weighted by atomic mass is 35.5. The summed E-state index contributed by atoms with van der Waals surface area (Å²) in [5.41, 5.74) is 1.71. The van der Waals surface area contributed by atoms with E-state index in [9.17, 15) is 10.1 Å². The Balaban J connectivity index is 2.06. The molecule has 0 spiro atoms. The van der Waals surface area contributed by atoms with Crippen LogP contribution < -0.4 is 0 Å². The summed E-state index contributed by atoms with van der Waals surface area (Å²) in [5.74, 6) is 0.422. The highest BCUT2D eigenvalue weighted by Crippen LogP contribution is 2.36. The van der Waals surface area contributed by atoms with E-state index >= 15 is 0 Å². The quantitative estimate of drug-likeness (QED) is 0.578. The van der Waals surface area contributed by atoms with Crippen LogP contribution in [0.15, 0.2) is 69.1 Å². The summed E-state index contributed by atoms with van der Waals surface area (Å²) in [7, 11) is 0. The van der Waals surface area contributed by atoms with Gasteiger partial charge in [0.05, 0.1) is 10.4 Å². The van der Waals surface area contributed by atoms with E-state index in [4.69, 9.17) is 23.2 Å². The molecule has 2 aliphatic rings. The Morgan fingerprint density at radius 3 is 2.73 bits per heavy atom. The number of nitro groups is 1. The molecule has 0 fully saturated rings. The van der Waals surface area contributed by atoms with E-state index in [1.165, 1.54) is 9.58 Å². The minimum Gasteiger partial charge on any atom is -0.293 e. The van der Waals surface area contributed by atoms with E-state index in [-0.39, 0.29) is 21.7 Å². The van der Waals surface area contributed by atoms with Crippen LogP contribution >= 0.6 is 23.2 Å². The minimum atomic E-state index is -0.576. The maximum atomic E-state index is 11.9. The third kappa shape index (κ3) is 2.51. The van der Waals surface area contributed by atoms with Crippen LogP contribution in [0, 0.1) is 10.1 Å². The fourth-order valence-electron chi connectivity index (χ4n) is 2.77. The molecule has 0 radical (unpaired) electrons. The number of benzene rings is 1. The fraction of sp³-hybridized carbons (Fsp3) is 0.0625. The van der Waals surface area contributed by atoms with Gasteiger partial charge in [0, 0.05) is 6.20 Å². The second-order valence-corrected chi connectivity index (χ2v) is 6.52. The largest absolute Gasteiger partial charge is 0.340 e. The Labute approximate surface area is 157 Å². The number of amidine groups is 1. The van der Waals surface area contributed by atoms with E-state index in [0.29, 0.717) is 16.9 Å². The van der Waals surface area contributed by atoms with Crippen molar-refractivity contribution in [2.75, 3.05) is 0 Å². The molecule has 2 aromatic rings. The van der Waals surface area contributed by atoms with Gasteiger partial charge in [-0.1, -0.05) is 46.6 Å². The molecule has 130 valence electrons. The van der Waals surface area contributed by atoms with Crippen molar-refractivity contribution in [3.05, 3.63) is 74.2 Å². The first-order valence-electron chi connectivity index (χ1n) is 7.47. The Kier molecular flexibility index (Phi) is 3.86. The number of fused-ring (bicyclic) bond motifs is 2. The molecule has 0 saturated carbocycles. The second kappa shape index (κ2) is 6.08. The second-order valence-electron chi connectivity index (χ2n) is 5.57. The van der Waals surface area contributed by atoms with E-state index in [2.05, 4.69) is 15.3 Å². The normalized spacial score (nSPS) is 16.6. The van der Waals surface area contributed by atoms with Crippen molar-refractivity contribution in [2.24, 2.45) is 4.99 Å². The van der Waals surface area contributed by atoms with Gasteiger partial charge in [-0.05, 0) is 30.7 Å². The third-order valence-corrected chi connectivity index (χ3v) is 4.24. The molecule has 0 N–H and O–H groups in total. The van der Waals surface area contributed by atoms with Gasteiger partial charge in [-0.3, -0.25) is 15.0 Å². The molecular formula is C16H10Cl2N6O2. The van der Waals surface area contributed by atoms with E-state index in [1.807, 2.05) is 13.0 Å². The van der Waals surface area contributed by atoms with Crippen molar-refractivity contribution >= 4 is 45.9 Å². The first-order valence-corrected chi connectivity index (χ1v) is 8.22. The van der Waals surface area contributed by atoms with Gasteiger partial charge < -0.3 is 0 Å². The summed E-state index contributed by atoms with van der Waals surface area (Å²) in [6.45, 7) is 1.85. The van der Waals surface area contributed by atoms with Crippen molar-refractivity contribution in [2.45, 2.75) is 6.92 Å². The summed E-state index contributed by atoms with van der Waals surface area (Å²) in [4.78, 5) is 17.2. The SMILES string of the molecule is CC1=CN2C(=NC(n3nnc4ccccc43)=C([N+](=O)[O-])C2=C(Cl)Cl)C=C1. The zero-order valence-corrected chi connectivity index (χ0v) is 14.8. The van der Waals surface area contributed by atoms with Crippen molar-refractivity contribution in [3.63, 3.8) is 0 Å². The average molecular weight is 389 g/mol. The van der Waals surface area contributed by atoms with Gasteiger partial charge in [-0.15, -0.1) is 5.10 Å². The van der Waals surface area contributed by atoms with Gasteiger partial charge in [-0.2, -0.15) is 4.68 Å². The van der Waals surface area contributed by atoms with E-state index < -0.39 is 4.92 Å². The number of aliphatic imine (C=N–C) groups is 1. The van der Waals surface area contributed by atoms with Gasteiger partial charge >= 0.3 is 5.70 Å². The number of nitrogens with zero attached hydrogens (tertiary/aromatic N) is 6. The Morgan fingerprint density at radius 2 is 2.00 bits per heavy atom. The first-order chi connectivity index (χ1) is 12.5. The number of hydrogen-bond acceptors (Lipinski definition) is 6. The Bertz CT molecular complexity index is 1100. The number of aromatic nitrogens is 3. The lowest BCUT2D eigenvalue weighted by Gasteiger charge is -2.28. The molecule has 3 heterocycles. The number of halogens is 2. The van der Waals surface area contributed by atoms with Crippen LogP contribution in [0.1, 0.15) is 6.92 Å². The monoisotopic (exact) mass is 388 g/mol. The van der Waals surface area contributed by atoms with Gasteiger partial charge in [-0.25, -0.2) is 4.99 Å². The van der Waals surface area contributed by atoms with Crippen molar-refractivity contribution in [1.29, 1.82) is 0 Å². The average Bonchev–Trinajstić information content (AvgIpc) is 3.03. The lowest BCUT2D eigenvalue weighted by atomic mass is 10.1. The van der Waals surface area contributed by atoms with Gasteiger partial charge in [0.1, 0.15) is 15.8 Å². The Morgan fingerprint density at radius 1 is 1.23 bits per heavy atom. The Hall–Kier alpha value is -2.97. The van der Waals surface area contributed by atoms with Crippen LogP contribution in [-0.2, 0) is 0 Å². The topological polar surface area (TPSA) is 89.5 Å². The van der Waals surface area contributed by atoms with E-state index in [0.717, 1.165) is 5.57 Å². The van der Waals surface area contributed by atoms with Crippen LogP contribution in [0.25, 0.3) is 16.9 Å². The third-order valence-electron chi connectivity index (χ3n) is 3.89. The standard InChI is InChI=1S/C16H10Cl2N6O2/c1-9-6-7-12-19-16(23-11-5-3-2-4-10(11)20-21-23)14(24(25)26)13(15(17)18)22(12)8-9/h2-8H,1H3. The molecule has 0 bridgehead atoms. The highest BCUT2D eigenvalue weighted by molar-refractivity contribution is 6.56. The molecule has 1 aromatic heterocycles. The maximum Gasteiger partial charge on any atom is 0.340 e.